The van der Waals surface area contributed by atoms with Crippen LogP contribution in [0, 0.1) is 0 Å². The van der Waals surface area contributed by atoms with Crippen LogP contribution < -0.4 is 5.32 Å². The molecule has 0 saturated heterocycles. The van der Waals surface area contributed by atoms with Crippen molar-refractivity contribution >= 4 is 17.2 Å². The van der Waals surface area contributed by atoms with Crippen molar-refractivity contribution in [3.63, 3.8) is 0 Å². The maximum atomic E-state index is 11.5. The summed E-state index contributed by atoms with van der Waals surface area (Å²) in [5.74, 6) is 0.0508. The summed E-state index contributed by atoms with van der Waals surface area (Å²) in [6.07, 6.45) is 2.16. The van der Waals surface area contributed by atoms with Gasteiger partial charge in [0.05, 0.1) is 4.88 Å². The minimum atomic E-state index is 0.0508. The molecule has 0 aliphatic carbocycles. The number of thiophene rings is 1. The standard InChI is InChI=1S/C11H18N2OS/c1-13(2)8-4-3-7-12-11(14)10-6-5-9-15-10/h5-6,9H,3-4,7-8H2,1-2H3,(H,12,14). The van der Waals surface area contributed by atoms with E-state index in [4.69, 9.17) is 0 Å². The molecule has 84 valence electrons. The Morgan fingerprint density at radius 3 is 2.87 bits per heavy atom. The molecule has 1 aromatic rings. The third-order valence-corrected chi connectivity index (χ3v) is 2.93. The molecule has 0 radical (unpaired) electrons. The lowest BCUT2D eigenvalue weighted by molar-refractivity contribution is 0.0957. The molecule has 1 heterocycles. The highest BCUT2D eigenvalue weighted by Crippen LogP contribution is 2.07. The number of carbonyl (C=O) groups is 1. The number of nitrogens with one attached hydrogen (secondary N) is 1. The predicted octanol–water partition coefficient (Wildman–Crippen LogP) is 1.82. The molecule has 0 atom stereocenters. The second kappa shape index (κ2) is 6.58. The number of carbonyl (C=O) groups excluding carboxylic acids is 1. The predicted molar refractivity (Wildman–Crippen MR) is 64.4 cm³/mol. The van der Waals surface area contributed by atoms with Gasteiger partial charge in [0.25, 0.3) is 5.91 Å². The summed E-state index contributed by atoms with van der Waals surface area (Å²) in [6, 6.07) is 3.74. The Labute approximate surface area is 95.1 Å². The van der Waals surface area contributed by atoms with E-state index in [2.05, 4.69) is 24.3 Å². The lowest BCUT2D eigenvalue weighted by Crippen LogP contribution is -2.24. The molecule has 0 saturated carbocycles. The van der Waals surface area contributed by atoms with Crippen molar-refractivity contribution in [1.29, 1.82) is 0 Å². The van der Waals surface area contributed by atoms with Crippen LogP contribution in [0.25, 0.3) is 0 Å². The van der Waals surface area contributed by atoms with Gasteiger partial charge < -0.3 is 10.2 Å². The maximum absolute atomic E-state index is 11.5. The first kappa shape index (κ1) is 12.2. The summed E-state index contributed by atoms with van der Waals surface area (Å²) in [5, 5.41) is 4.83. The zero-order valence-corrected chi connectivity index (χ0v) is 10.1. The van der Waals surface area contributed by atoms with Crippen LogP contribution >= 0.6 is 11.3 Å². The van der Waals surface area contributed by atoms with Crippen LogP contribution in [-0.4, -0.2) is 38.0 Å². The molecular weight excluding hydrogens is 208 g/mol. The van der Waals surface area contributed by atoms with Crippen molar-refractivity contribution in [3.05, 3.63) is 22.4 Å². The molecule has 1 amide bonds. The van der Waals surface area contributed by atoms with E-state index in [1.54, 1.807) is 0 Å². The lowest BCUT2D eigenvalue weighted by atomic mass is 10.3. The highest BCUT2D eigenvalue weighted by atomic mass is 32.1. The second-order valence-corrected chi connectivity index (χ2v) is 4.69. The van der Waals surface area contributed by atoms with Crippen molar-refractivity contribution in [2.75, 3.05) is 27.2 Å². The number of nitrogens with zero attached hydrogens (tertiary/aromatic N) is 1. The fraction of sp³-hybridized carbons (Fsp3) is 0.545. The number of amides is 1. The molecule has 0 aliphatic rings. The van der Waals surface area contributed by atoms with Crippen molar-refractivity contribution in [2.24, 2.45) is 0 Å². The van der Waals surface area contributed by atoms with Gasteiger partial charge >= 0.3 is 0 Å². The van der Waals surface area contributed by atoms with Gasteiger partial charge in [0.1, 0.15) is 0 Å². The minimum Gasteiger partial charge on any atom is -0.351 e. The van der Waals surface area contributed by atoms with Gasteiger partial charge in [0.2, 0.25) is 0 Å². The van der Waals surface area contributed by atoms with E-state index in [9.17, 15) is 4.79 Å². The molecule has 0 spiro atoms. The van der Waals surface area contributed by atoms with E-state index in [0.717, 1.165) is 30.8 Å². The molecule has 0 unspecified atom stereocenters. The highest BCUT2D eigenvalue weighted by Gasteiger charge is 2.04. The molecule has 0 aliphatic heterocycles. The number of unbranched alkanes of at least 4 members (excludes halogenated alkanes) is 1. The Morgan fingerprint density at radius 2 is 2.27 bits per heavy atom. The van der Waals surface area contributed by atoms with Crippen molar-refractivity contribution in [2.45, 2.75) is 12.8 Å². The first-order valence-electron chi connectivity index (χ1n) is 5.16. The van der Waals surface area contributed by atoms with Gasteiger partial charge in [-0.25, -0.2) is 0 Å². The van der Waals surface area contributed by atoms with Crippen molar-refractivity contribution in [3.8, 4) is 0 Å². The highest BCUT2D eigenvalue weighted by molar-refractivity contribution is 7.12. The average Bonchev–Trinajstić information content (AvgIpc) is 2.69. The fourth-order valence-electron chi connectivity index (χ4n) is 1.25. The van der Waals surface area contributed by atoms with Gasteiger partial charge in [-0.3, -0.25) is 4.79 Å². The normalized spacial score (nSPS) is 10.6. The zero-order valence-electron chi connectivity index (χ0n) is 9.32. The molecule has 15 heavy (non-hydrogen) atoms. The third-order valence-electron chi connectivity index (χ3n) is 2.06. The number of hydrogen-bond acceptors (Lipinski definition) is 3. The largest absolute Gasteiger partial charge is 0.351 e. The molecular formula is C11H18N2OS. The van der Waals surface area contributed by atoms with Gasteiger partial charge in [-0.1, -0.05) is 6.07 Å². The van der Waals surface area contributed by atoms with Crippen LogP contribution in [0.4, 0.5) is 0 Å². The summed E-state index contributed by atoms with van der Waals surface area (Å²) < 4.78 is 0. The Kier molecular flexibility index (Phi) is 5.36. The van der Waals surface area contributed by atoms with Crippen molar-refractivity contribution < 1.29 is 4.79 Å². The van der Waals surface area contributed by atoms with Crippen LogP contribution in [0.15, 0.2) is 17.5 Å². The SMILES string of the molecule is CN(C)CCCCNC(=O)c1cccs1. The number of rotatable bonds is 6. The molecule has 1 N–H and O–H groups in total. The van der Waals surface area contributed by atoms with Gasteiger partial charge in [-0.2, -0.15) is 0 Å². The fourth-order valence-corrected chi connectivity index (χ4v) is 1.89. The van der Waals surface area contributed by atoms with Crippen molar-refractivity contribution in [1.82, 2.24) is 10.2 Å². The molecule has 4 heteroatoms. The molecule has 0 aromatic carbocycles. The van der Waals surface area contributed by atoms with E-state index < -0.39 is 0 Å². The van der Waals surface area contributed by atoms with E-state index in [1.165, 1.54) is 11.3 Å². The van der Waals surface area contributed by atoms with Gasteiger partial charge in [-0.15, -0.1) is 11.3 Å². The molecule has 0 fully saturated rings. The molecule has 0 bridgehead atoms. The monoisotopic (exact) mass is 226 g/mol. The van der Waals surface area contributed by atoms with E-state index >= 15 is 0 Å². The molecule has 1 aromatic heterocycles. The topological polar surface area (TPSA) is 32.3 Å². The Bertz CT molecular complexity index is 283. The van der Waals surface area contributed by atoms with E-state index in [0.29, 0.717) is 0 Å². The Hall–Kier alpha value is -0.870. The van der Waals surface area contributed by atoms with Crippen LogP contribution in [0.1, 0.15) is 22.5 Å². The maximum Gasteiger partial charge on any atom is 0.261 e. The van der Waals surface area contributed by atoms with E-state index in [-0.39, 0.29) is 5.91 Å². The Morgan fingerprint density at radius 1 is 1.47 bits per heavy atom. The van der Waals surface area contributed by atoms with Gasteiger partial charge in [0.15, 0.2) is 0 Å². The van der Waals surface area contributed by atoms with Crippen LogP contribution in [0.5, 0.6) is 0 Å². The van der Waals surface area contributed by atoms with Gasteiger partial charge in [0, 0.05) is 6.54 Å². The molecule has 3 nitrogen and oxygen atoms in total. The van der Waals surface area contributed by atoms with Gasteiger partial charge in [-0.05, 0) is 44.9 Å². The summed E-state index contributed by atoms with van der Waals surface area (Å²) >= 11 is 1.48. The first-order chi connectivity index (χ1) is 7.20. The summed E-state index contributed by atoms with van der Waals surface area (Å²) in [7, 11) is 4.12. The van der Waals surface area contributed by atoms with Crippen LogP contribution in [0.3, 0.4) is 0 Å². The lowest BCUT2D eigenvalue weighted by Gasteiger charge is -2.08. The Balaban J connectivity index is 2.08. The third kappa shape index (κ3) is 4.95. The van der Waals surface area contributed by atoms with E-state index in [1.807, 2.05) is 17.5 Å². The smallest absolute Gasteiger partial charge is 0.261 e. The van der Waals surface area contributed by atoms with Crippen LogP contribution in [-0.2, 0) is 0 Å². The van der Waals surface area contributed by atoms with Crippen LogP contribution in [0.2, 0.25) is 0 Å². The average molecular weight is 226 g/mol. The first-order valence-corrected chi connectivity index (χ1v) is 6.04. The number of hydrogen-bond donors (Lipinski definition) is 1. The summed E-state index contributed by atoms with van der Waals surface area (Å²) in [4.78, 5) is 14.4. The molecule has 1 rings (SSSR count). The zero-order chi connectivity index (χ0) is 11.1. The summed E-state index contributed by atoms with van der Waals surface area (Å²) in [5.41, 5.74) is 0. The summed E-state index contributed by atoms with van der Waals surface area (Å²) in [6.45, 7) is 1.85. The second-order valence-electron chi connectivity index (χ2n) is 3.74. The quantitative estimate of drug-likeness (QED) is 0.750. The minimum absolute atomic E-state index is 0.0508.